The highest BCUT2D eigenvalue weighted by molar-refractivity contribution is 5.82. The fraction of sp³-hybridized carbons (Fsp3) is 0.533. The first-order valence-electron chi connectivity index (χ1n) is 6.74. The summed E-state index contributed by atoms with van der Waals surface area (Å²) in [5.74, 6) is 0.986. The number of carbonyl (C=O) groups excluding carboxylic acids is 1. The minimum atomic E-state index is -0.200. The first-order chi connectivity index (χ1) is 8.91. The minimum absolute atomic E-state index is 0.0143. The second kappa shape index (κ2) is 3.89. The van der Waals surface area contributed by atoms with Crippen molar-refractivity contribution in [2.75, 3.05) is 12.4 Å². The van der Waals surface area contributed by atoms with Crippen molar-refractivity contribution in [3.63, 3.8) is 0 Å². The number of benzene rings is 1. The molecule has 1 aliphatic carbocycles. The molecular weight excluding hydrogens is 240 g/mol. The highest BCUT2D eigenvalue weighted by Crippen LogP contribution is 2.52. The van der Waals surface area contributed by atoms with Gasteiger partial charge in [-0.1, -0.05) is 0 Å². The molecule has 0 aromatic heterocycles. The third-order valence-electron chi connectivity index (χ3n) is 4.06. The molecule has 2 unspecified atom stereocenters. The molecule has 0 bridgehead atoms. The number of anilines is 1. The van der Waals surface area contributed by atoms with Crippen LogP contribution in [0.2, 0.25) is 0 Å². The van der Waals surface area contributed by atoms with Crippen LogP contribution in [-0.4, -0.2) is 18.6 Å². The van der Waals surface area contributed by atoms with E-state index in [1.807, 2.05) is 7.05 Å². The van der Waals surface area contributed by atoms with Crippen molar-refractivity contribution < 1.29 is 9.53 Å². The van der Waals surface area contributed by atoms with Crippen molar-refractivity contribution in [1.82, 2.24) is 0 Å². The Bertz CT molecular complexity index is 551. The lowest BCUT2D eigenvalue weighted by molar-refractivity contribution is -0.119. The van der Waals surface area contributed by atoms with Gasteiger partial charge >= 0.3 is 0 Å². The van der Waals surface area contributed by atoms with Crippen molar-refractivity contribution in [2.24, 2.45) is 11.7 Å². The minimum Gasteiger partial charge on any atom is -0.487 e. The molecule has 1 fully saturated rings. The van der Waals surface area contributed by atoms with Crippen LogP contribution in [-0.2, 0) is 11.2 Å². The van der Waals surface area contributed by atoms with Gasteiger partial charge in [-0.05, 0) is 43.9 Å². The molecule has 1 saturated carbocycles. The normalized spacial score (nSPS) is 26.5. The largest absolute Gasteiger partial charge is 0.487 e. The number of ether oxygens (including phenoxy) is 1. The number of primary amides is 1. The number of rotatable bonds is 3. The fourth-order valence-electron chi connectivity index (χ4n) is 3.04. The molecule has 0 spiro atoms. The monoisotopic (exact) mass is 260 g/mol. The number of hydrogen-bond donors (Lipinski definition) is 2. The Labute approximate surface area is 113 Å². The van der Waals surface area contributed by atoms with Crippen LogP contribution in [0.3, 0.4) is 0 Å². The van der Waals surface area contributed by atoms with Crippen molar-refractivity contribution in [1.29, 1.82) is 0 Å². The molecule has 1 aromatic carbocycles. The molecule has 2 aliphatic rings. The average molecular weight is 260 g/mol. The summed E-state index contributed by atoms with van der Waals surface area (Å²) < 4.78 is 5.96. The number of fused-ring (bicyclic) bond motifs is 1. The summed E-state index contributed by atoms with van der Waals surface area (Å²) in [6.07, 6.45) is 1.77. The van der Waals surface area contributed by atoms with Crippen LogP contribution < -0.4 is 15.8 Å². The van der Waals surface area contributed by atoms with Crippen LogP contribution in [0.1, 0.15) is 37.3 Å². The number of nitrogens with one attached hydrogen (secondary N) is 1. The zero-order valence-corrected chi connectivity index (χ0v) is 11.6. The Morgan fingerprint density at radius 2 is 2.21 bits per heavy atom. The molecule has 1 aromatic rings. The molecule has 19 heavy (non-hydrogen) atoms. The lowest BCUT2D eigenvalue weighted by atomic mass is 9.98. The quantitative estimate of drug-likeness (QED) is 0.874. The molecule has 1 aliphatic heterocycles. The SMILES string of the molecule is CNc1cc2c(cc1C1CC1C(N)=O)OC(C)(C)C2. The van der Waals surface area contributed by atoms with Crippen LogP contribution in [0, 0.1) is 5.92 Å². The first-order valence-corrected chi connectivity index (χ1v) is 6.74. The number of hydrogen-bond acceptors (Lipinski definition) is 3. The number of carbonyl (C=O) groups is 1. The third-order valence-corrected chi connectivity index (χ3v) is 4.06. The maximum atomic E-state index is 11.3. The summed E-state index contributed by atoms with van der Waals surface area (Å²) in [7, 11) is 1.91. The summed E-state index contributed by atoms with van der Waals surface area (Å²) in [4.78, 5) is 11.3. The standard InChI is InChI=1S/C15H20N2O2/c1-15(2)7-8-4-12(17-3)10(6-13(8)19-15)9-5-11(9)14(16)18/h4,6,9,11,17H,5,7H2,1-3H3,(H2,16,18). The van der Waals surface area contributed by atoms with E-state index < -0.39 is 0 Å². The van der Waals surface area contributed by atoms with E-state index in [0.29, 0.717) is 0 Å². The first kappa shape index (κ1) is 12.3. The highest BCUT2D eigenvalue weighted by Gasteiger charge is 2.44. The van der Waals surface area contributed by atoms with Gasteiger partial charge in [0, 0.05) is 30.6 Å². The van der Waals surface area contributed by atoms with Crippen molar-refractivity contribution in [2.45, 2.75) is 38.2 Å². The molecule has 102 valence electrons. The summed E-state index contributed by atoms with van der Waals surface area (Å²) in [6.45, 7) is 4.18. The van der Waals surface area contributed by atoms with Gasteiger partial charge in [0.15, 0.2) is 0 Å². The van der Waals surface area contributed by atoms with E-state index in [-0.39, 0.29) is 23.3 Å². The Hall–Kier alpha value is -1.71. The summed E-state index contributed by atoms with van der Waals surface area (Å²) in [6, 6.07) is 4.24. The predicted octanol–water partition coefficient (Wildman–Crippen LogP) is 2.03. The maximum Gasteiger partial charge on any atom is 0.221 e. The molecule has 2 atom stereocenters. The molecular formula is C15H20N2O2. The Morgan fingerprint density at radius 3 is 2.79 bits per heavy atom. The van der Waals surface area contributed by atoms with Gasteiger partial charge in [-0.25, -0.2) is 0 Å². The molecule has 3 rings (SSSR count). The van der Waals surface area contributed by atoms with E-state index in [0.717, 1.165) is 29.8 Å². The molecule has 1 amide bonds. The van der Waals surface area contributed by atoms with Crippen LogP contribution in [0.25, 0.3) is 0 Å². The van der Waals surface area contributed by atoms with E-state index in [1.54, 1.807) is 0 Å². The van der Waals surface area contributed by atoms with Gasteiger partial charge in [0.05, 0.1) is 0 Å². The number of amides is 1. The van der Waals surface area contributed by atoms with E-state index in [1.165, 1.54) is 5.56 Å². The van der Waals surface area contributed by atoms with Gasteiger partial charge in [0.25, 0.3) is 0 Å². The van der Waals surface area contributed by atoms with Crippen LogP contribution in [0.5, 0.6) is 5.75 Å². The van der Waals surface area contributed by atoms with Crippen LogP contribution in [0.4, 0.5) is 5.69 Å². The van der Waals surface area contributed by atoms with Gasteiger partial charge in [0.1, 0.15) is 11.4 Å². The van der Waals surface area contributed by atoms with Gasteiger partial charge < -0.3 is 15.8 Å². The lowest BCUT2D eigenvalue weighted by Gasteiger charge is -2.17. The van der Waals surface area contributed by atoms with Crippen LogP contribution >= 0.6 is 0 Å². The van der Waals surface area contributed by atoms with Crippen molar-refractivity contribution >= 4 is 11.6 Å². The average Bonchev–Trinajstić information content (AvgIpc) is 3.04. The van der Waals surface area contributed by atoms with E-state index in [9.17, 15) is 4.79 Å². The van der Waals surface area contributed by atoms with Gasteiger partial charge in [0.2, 0.25) is 5.91 Å². The topological polar surface area (TPSA) is 64.3 Å². The number of nitrogens with two attached hydrogens (primary N) is 1. The zero-order valence-electron chi connectivity index (χ0n) is 11.6. The van der Waals surface area contributed by atoms with E-state index in [4.69, 9.17) is 10.5 Å². The second-order valence-electron chi connectivity index (χ2n) is 6.19. The smallest absolute Gasteiger partial charge is 0.221 e. The Morgan fingerprint density at radius 1 is 1.47 bits per heavy atom. The van der Waals surface area contributed by atoms with Crippen LogP contribution in [0.15, 0.2) is 12.1 Å². The third kappa shape index (κ3) is 2.05. The highest BCUT2D eigenvalue weighted by atomic mass is 16.5. The fourth-order valence-corrected chi connectivity index (χ4v) is 3.04. The molecule has 0 saturated heterocycles. The summed E-state index contributed by atoms with van der Waals surface area (Å²) >= 11 is 0. The summed E-state index contributed by atoms with van der Waals surface area (Å²) in [5.41, 5.74) is 8.72. The summed E-state index contributed by atoms with van der Waals surface area (Å²) in [5, 5.41) is 3.23. The Balaban J connectivity index is 1.96. The predicted molar refractivity (Wildman–Crippen MR) is 74.4 cm³/mol. The molecule has 3 N–H and O–H groups in total. The molecule has 4 nitrogen and oxygen atoms in total. The van der Waals surface area contributed by atoms with Gasteiger partial charge in [-0.15, -0.1) is 0 Å². The second-order valence-corrected chi connectivity index (χ2v) is 6.19. The van der Waals surface area contributed by atoms with Crippen molar-refractivity contribution in [3.05, 3.63) is 23.3 Å². The van der Waals surface area contributed by atoms with Gasteiger partial charge in [-0.3, -0.25) is 4.79 Å². The zero-order chi connectivity index (χ0) is 13.8. The van der Waals surface area contributed by atoms with Gasteiger partial charge in [-0.2, -0.15) is 0 Å². The maximum absolute atomic E-state index is 11.3. The van der Waals surface area contributed by atoms with Crippen molar-refractivity contribution in [3.8, 4) is 5.75 Å². The Kier molecular flexibility index (Phi) is 2.52. The molecule has 1 heterocycles. The van der Waals surface area contributed by atoms with E-state index >= 15 is 0 Å². The van der Waals surface area contributed by atoms with E-state index in [2.05, 4.69) is 31.3 Å². The lowest BCUT2D eigenvalue weighted by Crippen LogP contribution is -2.24. The molecule has 0 radical (unpaired) electrons. The molecule has 4 heteroatoms.